The van der Waals surface area contributed by atoms with Gasteiger partial charge in [-0.25, -0.2) is 0 Å². The van der Waals surface area contributed by atoms with Crippen molar-refractivity contribution in [2.75, 3.05) is 0 Å². The second kappa shape index (κ2) is 36.4. The second-order valence-electron chi connectivity index (χ2n) is 18.4. The van der Waals surface area contributed by atoms with Gasteiger partial charge in [-0.3, -0.25) is 4.79 Å². The summed E-state index contributed by atoms with van der Waals surface area (Å²) in [5.74, 6) is 0.245. The van der Waals surface area contributed by atoms with Crippen LogP contribution in [0.3, 0.4) is 0 Å². The van der Waals surface area contributed by atoms with Crippen molar-refractivity contribution in [2.24, 2.45) is 0 Å². The second-order valence-corrected chi connectivity index (χ2v) is 33.4. The summed E-state index contributed by atoms with van der Waals surface area (Å²) in [7, 11) is -10.9. The van der Waals surface area contributed by atoms with E-state index in [1.807, 2.05) is 0 Å². The van der Waals surface area contributed by atoms with Crippen LogP contribution < -0.4 is 0 Å². The van der Waals surface area contributed by atoms with Crippen LogP contribution in [0.1, 0.15) is 243 Å². The number of hydrogen-bond donors (Lipinski definition) is 0. The van der Waals surface area contributed by atoms with E-state index >= 15 is 0 Å². The van der Waals surface area contributed by atoms with Crippen LogP contribution in [-0.4, -0.2) is 39.8 Å². The summed E-state index contributed by atoms with van der Waals surface area (Å²) in [6.07, 6.45) is 32.6. The SMILES string of the molecule is C=C(O[Si](CCCCC)(CCCCC)O[Si](CCCCC)(CCCCC)O[Si](CCCCC)(CCCCC)O[Si](CCCCC)(CCCCC)CCCCC)C(C)=O. The minimum absolute atomic E-state index is 0.0650. The third-order valence-electron chi connectivity index (χ3n) is 12.5. The monoisotopic (exact) mass is 885 g/mol. The molecule has 346 valence electrons. The summed E-state index contributed by atoms with van der Waals surface area (Å²) in [6, 6.07) is 9.97. The Bertz CT molecular complexity index is 922. The zero-order chi connectivity index (χ0) is 43.4. The first-order valence-electron chi connectivity index (χ1n) is 26.0. The predicted octanol–water partition coefficient (Wildman–Crippen LogP) is 18.1. The van der Waals surface area contributed by atoms with Crippen LogP contribution in [0.5, 0.6) is 0 Å². The Labute approximate surface area is 369 Å². The molecule has 0 amide bonds. The van der Waals surface area contributed by atoms with Gasteiger partial charge < -0.3 is 16.8 Å². The van der Waals surface area contributed by atoms with Gasteiger partial charge in [0, 0.05) is 19.0 Å². The topological polar surface area (TPSA) is 54.0 Å². The predicted molar refractivity (Wildman–Crippen MR) is 266 cm³/mol. The Balaban J connectivity index is 8.16. The maximum Gasteiger partial charge on any atom is 0.390 e. The number of carbonyl (C=O) groups is 1. The Morgan fingerprint density at radius 2 is 0.569 bits per heavy atom. The molecule has 0 aliphatic heterocycles. The summed E-state index contributed by atoms with van der Waals surface area (Å²) in [5, 5.41) is 0. The molecule has 0 fully saturated rings. The average Bonchev–Trinajstić information content (AvgIpc) is 3.19. The van der Waals surface area contributed by atoms with E-state index < -0.39 is 34.0 Å². The highest BCUT2D eigenvalue weighted by Gasteiger charge is 2.56. The van der Waals surface area contributed by atoms with Crippen molar-refractivity contribution in [1.29, 1.82) is 0 Å². The Morgan fingerprint density at radius 3 is 0.828 bits per heavy atom. The van der Waals surface area contributed by atoms with Crippen molar-refractivity contribution in [1.82, 2.24) is 0 Å². The summed E-state index contributed by atoms with van der Waals surface area (Å²) in [6.45, 7) is 26.9. The van der Waals surface area contributed by atoms with Crippen molar-refractivity contribution in [2.45, 2.75) is 297 Å². The smallest absolute Gasteiger partial charge is 0.390 e. The first kappa shape index (κ1) is 58.0. The van der Waals surface area contributed by atoms with Gasteiger partial charge in [-0.1, -0.05) is 242 Å². The molecule has 0 atom stereocenters. The molecule has 0 aromatic heterocycles. The van der Waals surface area contributed by atoms with Crippen molar-refractivity contribution < 1.29 is 21.6 Å². The molecule has 0 spiro atoms. The van der Waals surface area contributed by atoms with Gasteiger partial charge in [0.05, 0.1) is 0 Å². The van der Waals surface area contributed by atoms with Crippen molar-refractivity contribution in [3.63, 3.8) is 0 Å². The van der Waals surface area contributed by atoms with Crippen molar-refractivity contribution >= 4 is 39.8 Å². The molecule has 0 aliphatic carbocycles. The molecule has 0 bridgehead atoms. The molecule has 0 saturated heterocycles. The van der Waals surface area contributed by atoms with E-state index in [9.17, 15) is 4.79 Å². The molecule has 0 N–H and O–H groups in total. The zero-order valence-electron chi connectivity index (χ0n) is 41.2. The molecule has 9 heteroatoms. The first-order chi connectivity index (χ1) is 28.0. The molecule has 0 saturated carbocycles. The van der Waals surface area contributed by atoms with E-state index in [1.54, 1.807) is 6.92 Å². The van der Waals surface area contributed by atoms with Crippen LogP contribution in [0.4, 0.5) is 0 Å². The number of allylic oxidation sites excluding steroid dienone is 1. The lowest BCUT2D eigenvalue weighted by Crippen LogP contribution is -2.63. The lowest BCUT2D eigenvalue weighted by molar-refractivity contribution is -0.115. The van der Waals surface area contributed by atoms with E-state index in [1.165, 1.54) is 140 Å². The standard InChI is InChI=1S/C49H104O5Si4/c1-12-21-30-39-55(40-31-22-13-2,41-32-23-14-3)52-57(44-35-26-17-6,45-36-27-18-7)54-58(46-37-28-19-8,47-38-29-20-9)53-56(42-33-24-15-4,43-34-25-16-5)51-49(11)48(10)50/h11-47H2,1-10H3. The molecule has 0 aromatic rings. The summed E-state index contributed by atoms with van der Waals surface area (Å²) >= 11 is 0. The highest BCUT2D eigenvalue weighted by molar-refractivity contribution is 6.91. The summed E-state index contributed by atoms with van der Waals surface area (Å²) < 4.78 is 32.3. The van der Waals surface area contributed by atoms with Crippen LogP contribution in [-0.2, 0) is 21.6 Å². The van der Waals surface area contributed by atoms with Gasteiger partial charge in [0.25, 0.3) is 0 Å². The molecule has 0 heterocycles. The van der Waals surface area contributed by atoms with E-state index in [2.05, 4.69) is 68.9 Å². The molecule has 0 unspecified atom stereocenters. The highest BCUT2D eigenvalue weighted by Crippen LogP contribution is 2.43. The van der Waals surface area contributed by atoms with Gasteiger partial charge >= 0.3 is 25.7 Å². The first-order valence-corrected chi connectivity index (χ1v) is 35.2. The summed E-state index contributed by atoms with van der Waals surface area (Å²) in [5.41, 5.74) is 0. The number of hydrogen-bond acceptors (Lipinski definition) is 5. The third-order valence-corrected chi connectivity index (χ3v) is 32.8. The van der Waals surface area contributed by atoms with E-state index in [0.29, 0.717) is 5.76 Å². The lowest BCUT2D eigenvalue weighted by atomic mass is 10.3. The quantitative estimate of drug-likeness (QED) is 0.0264. The van der Waals surface area contributed by atoms with E-state index in [4.69, 9.17) is 16.8 Å². The van der Waals surface area contributed by atoms with Crippen molar-refractivity contribution in [3.05, 3.63) is 12.3 Å². The van der Waals surface area contributed by atoms with Gasteiger partial charge in [0.1, 0.15) is 5.76 Å². The molecular formula is C49H104O5Si4. The molecular weight excluding hydrogens is 781 g/mol. The van der Waals surface area contributed by atoms with E-state index in [-0.39, 0.29) is 5.78 Å². The normalized spacial score (nSPS) is 12.7. The third kappa shape index (κ3) is 25.8. The molecule has 0 aliphatic rings. The van der Waals surface area contributed by atoms with Crippen LogP contribution in [0.15, 0.2) is 12.3 Å². The largest absolute Gasteiger partial charge is 0.518 e. The number of unbranched alkanes of at least 4 members (excludes halogenated alkanes) is 18. The maximum atomic E-state index is 13.0. The lowest BCUT2D eigenvalue weighted by Gasteiger charge is -2.49. The van der Waals surface area contributed by atoms with Crippen LogP contribution in [0, 0.1) is 0 Å². The van der Waals surface area contributed by atoms with Gasteiger partial charge in [-0.2, -0.15) is 0 Å². The zero-order valence-corrected chi connectivity index (χ0v) is 45.2. The molecule has 0 aromatic carbocycles. The molecule has 5 nitrogen and oxygen atoms in total. The van der Waals surface area contributed by atoms with Crippen LogP contribution in [0.2, 0.25) is 54.4 Å². The minimum atomic E-state index is -2.97. The Kier molecular flexibility index (Phi) is 36.4. The van der Waals surface area contributed by atoms with Crippen LogP contribution >= 0.6 is 0 Å². The van der Waals surface area contributed by atoms with Gasteiger partial charge in [0.15, 0.2) is 14.1 Å². The number of Topliss-reactive ketones (excluding diaryl/α,β-unsaturated/α-hetero) is 1. The number of carbonyl (C=O) groups excluding carboxylic acids is 1. The van der Waals surface area contributed by atoms with Gasteiger partial charge in [-0.05, 0) is 42.3 Å². The van der Waals surface area contributed by atoms with Gasteiger partial charge in [0.2, 0.25) is 0 Å². The molecule has 58 heavy (non-hydrogen) atoms. The van der Waals surface area contributed by atoms with E-state index in [0.717, 1.165) is 87.6 Å². The molecule has 0 radical (unpaired) electrons. The Hall–Kier alpha value is -0.0425. The van der Waals surface area contributed by atoms with Gasteiger partial charge in [-0.15, -0.1) is 0 Å². The molecule has 0 rings (SSSR count). The minimum Gasteiger partial charge on any atom is -0.518 e. The van der Waals surface area contributed by atoms with Crippen molar-refractivity contribution in [3.8, 4) is 0 Å². The maximum absolute atomic E-state index is 13.0. The number of ketones is 1. The Morgan fingerprint density at radius 1 is 0.345 bits per heavy atom. The highest BCUT2D eigenvalue weighted by atomic mass is 28.5. The van der Waals surface area contributed by atoms with Crippen LogP contribution in [0.25, 0.3) is 0 Å². The fourth-order valence-corrected chi connectivity index (χ4v) is 33.8. The summed E-state index contributed by atoms with van der Waals surface area (Å²) in [4.78, 5) is 13.0. The fraction of sp³-hybridized carbons (Fsp3) is 0.939. The fourth-order valence-electron chi connectivity index (χ4n) is 8.90. The number of rotatable bonds is 45. The average molecular weight is 886 g/mol.